The van der Waals surface area contributed by atoms with E-state index in [4.69, 9.17) is 18.9 Å². The monoisotopic (exact) mass is 447 g/mol. The van der Waals surface area contributed by atoms with Gasteiger partial charge >= 0.3 is 5.97 Å². The average molecular weight is 447 g/mol. The quantitative estimate of drug-likeness (QED) is 0.287. The fourth-order valence-electron chi connectivity index (χ4n) is 2.98. The number of anilines is 1. The van der Waals surface area contributed by atoms with Gasteiger partial charge in [0.25, 0.3) is 0 Å². The van der Waals surface area contributed by atoms with Gasteiger partial charge in [0, 0.05) is 24.3 Å². The topological polar surface area (TPSA) is 83.1 Å². The van der Waals surface area contributed by atoms with Crippen molar-refractivity contribution in [3.8, 4) is 23.0 Å². The Morgan fingerprint density at radius 2 is 1.61 bits per heavy atom. The second kappa shape index (κ2) is 11.4. The third-order valence-electron chi connectivity index (χ3n) is 4.60. The molecular weight excluding hydrogens is 422 g/mol. The van der Waals surface area contributed by atoms with Gasteiger partial charge in [0.2, 0.25) is 5.91 Å². The molecule has 170 valence electrons. The SMILES string of the molecule is COc1ccc(OCc2ccccc2NC(=O)/C=C/c2ccc(OC)c(OC(C)=O)c2)cc1. The molecule has 3 aromatic rings. The zero-order valence-corrected chi connectivity index (χ0v) is 18.7. The largest absolute Gasteiger partial charge is 0.497 e. The number of ether oxygens (including phenoxy) is 4. The predicted octanol–water partition coefficient (Wildman–Crippen LogP) is 4.86. The van der Waals surface area contributed by atoms with Crippen molar-refractivity contribution >= 4 is 23.6 Å². The van der Waals surface area contributed by atoms with Crippen LogP contribution in [0.3, 0.4) is 0 Å². The van der Waals surface area contributed by atoms with Crippen molar-refractivity contribution in [2.75, 3.05) is 19.5 Å². The molecule has 0 bridgehead atoms. The predicted molar refractivity (Wildman–Crippen MR) is 126 cm³/mol. The summed E-state index contributed by atoms with van der Waals surface area (Å²) < 4.78 is 21.3. The molecule has 1 N–H and O–H groups in total. The van der Waals surface area contributed by atoms with Gasteiger partial charge in [-0.05, 0) is 54.1 Å². The Morgan fingerprint density at radius 3 is 2.30 bits per heavy atom. The first-order valence-electron chi connectivity index (χ1n) is 10.2. The Morgan fingerprint density at radius 1 is 0.879 bits per heavy atom. The average Bonchev–Trinajstić information content (AvgIpc) is 2.82. The molecule has 0 spiro atoms. The molecule has 1 amide bonds. The minimum atomic E-state index is -0.458. The van der Waals surface area contributed by atoms with Crippen LogP contribution in [0.5, 0.6) is 23.0 Å². The van der Waals surface area contributed by atoms with E-state index >= 15 is 0 Å². The molecule has 0 aliphatic carbocycles. The normalized spacial score (nSPS) is 10.5. The van der Waals surface area contributed by atoms with Crippen molar-refractivity contribution in [2.24, 2.45) is 0 Å². The summed E-state index contributed by atoms with van der Waals surface area (Å²) in [5.74, 6) is 1.39. The van der Waals surface area contributed by atoms with Gasteiger partial charge in [0.05, 0.1) is 14.2 Å². The van der Waals surface area contributed by atoms with E-state index in [1.54, 1.807) is 31.4 Å². The number of amides is 1. The Kier molecular flexibility index (Phi) is 8.07. The lowest BCUT2D eigenvalue weighted by atomic mass is 10.1. The highest BCUT2D eigenvalue weighted by Gasteiger charge is 2.09. The van der Waals surface area contributed by atoms with Crippen molar-refractivity contribution in [3.63, 3.8) is 0 Å². The molecule has 0 fully saturated rings. The third-order valence-corrected chi connectivity index (χ3v) is 4.60. The summed E-state index contributed by atoms with van der Waals surface area (Å²) in [5, 5.41) is 2.87. The minimum Gasteiger partial charge on any atom is -0.497 e. The number of esters is 1. The van der Waals surface area contributed by atoms with Crippen LogP contribution in [0.15, 0.2) is 72.8 Å². The molecule has 0 heterocycles. The lowest BCUT2D eigenvalue weighted by Crippen LogP contribution is -2.10. The van der Waals surface area contributed by atoms with Crippen LogP contribution in [0.4, 0.5) is 5.69 Å². The van der Waals surface area contributed by atoms with Gasteiger partial charge in [0.15, 0.2) is 11.5 Å². The fraction of sp³-hybridized carbons (Fsp3) is 0.154. The molecule has 0 aromatic heterocycles. The summed E-state index contributed by atoms with van der Waals surface area (Å²) >= 11 is 0. The number of rotatable bonds is 9. The van der Waals surface area contributed by atoms with E-state index in [0.29, 0.717) is 22.7 Å². The second-order valence-electron chi connectivity index (χ2n) is 6.95. The summed E-state index contributed by atoms with van der Waals surface area (Å²) in [6.45, 7) is 1.60. The van der Waals surface area contributed by atoms with Crippen LogP contribution in [0.1, 0.15) is 18.1 Å². The van der Waals surface area contributed by atoms with Crippen LogP contribution in [-0.2, 0) is 16.2 Å². The van der Waals surface area contributed by atoms with Gasteiger partial charge in [-0.25, -0.2) is 0 Å². The van der Waals surface area contributed by atoms with E-state index in [-0.39, 0.29) is 18.3 Å². The molecular formula is C26H25NO6. The first kappa shape index (κ1) is 23.4. The van der Waals surface area contributed by atoms with Gasteiger partial charge in [-0.2, -0.15) is 0 Å². The van der Waals surface area contributed by atoms with Gasteiger partial charge in [-0.3, -0.25) is 9.59 Å². The van der Waals surface area contributed by atoms with Gasteiger partial charge in [-0.15, -0.1) is 0 Å². The van der Waals surface area contributed by atoms with E-state index in [1.807, 2.05) is 48.5 Å². The van der Waals surface area contributed by atoms with Gasteiger partial charge < -0.3 is 24.3 Å². The lowest BCUT2D eigenvalue weighted by Gasteiger charge is -2.12. The summed E-state index contributed by atoms with van der Waals surface area (Å²) in [4.78, 5) is 23.8. The smallest absolute Gasteiger partial charge is 0.308 e. The van der Waals surface area contributed by atoms with E-state index < -0.39 is 5.97 Å². The van der Waals surface area contributed by atoms with E-state index in [0.717, 1.165) is 11.3 Å². The minimum absolute atomic E-state index is 0.286. The fourth-order valence-corrected chi connectivity index (χ4v) is 2.98. The first-order valence-corrected chi connectivity index (χ1v) is 10.2. The number of hydrogen-bond acceptors (Lipinski definition) is 6. The summed E-state index contributed by atoms with van der Waals surface area (Å²) in [6.07, 6.45) is 3.03. The Hall–Kier alpha value is -4.26. The van der Waals surface area contributed by atoms with Crippen LogP contribution in [-0.4, -0.2) is 26.1 Å². The van der Waals surface area contributed by atoms with Crippen LogP contribution < -0.4 is 24.3 Å². The highest BCUT2D eigenvalue weighted by atomic mass is 16.6. The standard InChI is InChI=1S/C26H25NO6/c1-18(28)33-25-16-19(8-14-24(25)31-3)9-15-26(29)27-23-7-5-4-6-20(23)17-32-22-12-10-21(30-2)11-13-22/h4-16H,17H2,1-3H3,(H,27,29)/b15-9+. The maximum Gasteiger partial charge on any atom is 0.308 e. The number of para-hydroxylation sites is 1. The number of carbonyl (C=O) groups excluding carboxylic acids is 2. The number of methoxy groups -OCH3 is 2. The Bertz CT molecular complexity index is 1140. The highest BCUT2D eigenvalue weighted by Crippen LogP contribution is 2.29. The maximum atomic E-state index is 12.5. The molecule has 33 heavy (non-hydrogen) atoms. The molecule has 0 saturated heterocycles. The van der Waals surface area contributed by atoms with Crippen LogP contribution in [0.25, 0.3) is 6.08 Å². The molecule has 0 aliphatic rings. The van der Waals surface area contributed by atoms with E-state index in [2.05, 4.69) is 5.32 Å². The number of nitrogens with one attached hydrogen (secondary N) is 1. The molecule has 0 unspecified atom stereocenters. The van der Waals surface area contributed by atoms with E-state index in [1.165, 1.54) is 20.1 Å². The molecule has 3 aromatic carbocycles. The summed E-state index contributed by atoms with van der Waals surface area (Å²) in [5.41, 5.74) is 2.16. The molecule has 0 atom stereocenters. The summed E-state index contributed by atoms with van der Waals surface area (Å²) in [7, 11) is 3.10. The van der Waals surface area contributed by atoms with Gasteiger partial charge in [-0.1, -0.05) is 24.3 Å². The number of benzene rings is 3. The number of hydrogen-bond donors (Lipinski definition) is 1. The molecule has 0 aliphatic heterocycles. The molecule has 0 radical (unpaired) electrons. The molecule has 7 nitrogen and oxygen atoms in total. The Balaban J connectivity index is 1.65. The van der Waals surface area contributed by atoms with Gasteiger partial charge in [0.1, 0.15) is 18.1 Å². The van der Waals surface area contributed by atoms with Crippen molar-refractivity contribution in [1.29, 1.82) is 0 Å². The Labute approximate surface area is 192 Å². The molecule has 0 saturated carbocycles. The van der Waals surface area contributed by atoms with Crippen LogP contribution in [0, 0.1) is 0 Å². The second-order valence-corrected chi connectivity index (χ2v) is 6.95. The summed E-state index contributed by atoms with van der Waals surface area (Å²) in [6, 6.07) is 19.7. The highest BCUT2D eigenvalue weighted by molar-refractivity contribution is 6.02. The van der Waals surface area contributed by atoms with Crippen LogP contribution in [0.2, 0.25) is 0 Å². The number of carbonyl (C=O) groups is 2. The first-order chi connectivity index (χ1) is 16.0. The van der Waals surface area contributed by atoms with Crippen molar-refractivity contribution in [1.82, 2.24) is 0 Å². The zero-order valence-electron chi connectivity index (χ0n) is 18.7. The third kappa shape index (κ3) is 6.87. The molecule has 3 rings (SSSR count). The van der Waals surface area contributed by atoms with E-state index in [9.17, 15) is 9.59 Å². The zero-order chi connectivity index (χ0) is 23.6. The van der Waals surface area contributed by atoms with Crippen LogP contribution >= 0.6 is 0 Å². The lowest BCUT2D eigenvalue weighted by molar-refractivity contribution is -0.132. The maximum absolute atomic E-state index is 12.5. The van der Waals surface area contributed by atoms with Crippen molar-refractivity contribution < 1.29 is 28.5 Å². The van der Waals surface area contributed by atoms with Crippen molar-refractivity contribution in [2.45, 2.75) is 13.5 Å². The van der Waals surface area contributed by atoms with Crippen molar-refractivity contribution in [3.05, 3.63) is 83.9 Å². The molecule has 7 heteroatoms.